The van der Waals surface area contributed by atoms with Gasteiger partial charge in [0, 0.05) is 25.7 Å². The SMILES string of the molecule is CCNC(=NCc1ccc(OC)c(Br)c1)NCCc1cccc(C(=O)NC)c1. The largest absolute Gasteiger partial charge is 0.496 e. The fourth-order valence-electron chi connectivity index (χ4n) is 2.66. The predicted octanol–water partition coefficient (Wildman–Crippen LogP) is 3.12. The van der Waals surface area contributed by atoms with E-state index in [9.17, 15) is 4.79 Å². The lowest BCUT2D eigenvalue weighted by atomic mass is 10.1. The van der Waals surface area contributed by atoms with Crippen molar-refractivity contribution in [1.29, 1.82) is 0 Å². The number of nitrogens with zero attached hydrogens (tertiary/aromatic N) is 1. The molecule has 0 aliphatic rings. The molecule has 0 aliphatic carbocycles. The third-order valence-corrected chi connectivity index (χ3v) is 4.72. The Morgan fingerprint density at radius 2 is 1.96 bits per heavy atom. The van der Waals surface area contributed by atoms with Crippen molar-refractivity contribution in [3.05, 3.63) is 63.6 Å². The van der Waals surface area contributed by atoms with Gasteiger partial charge in [0.25, 0.3) is 5.91 Å². The van der Waals surface area contributed by atoms with Crippen molar-refractivity contribution in [2.24, 2.45) is 4.99 Å². The van der Waals surface area contributed by atoms with Crippen molar-refractivity contribution >= 4 is 27.8 Å². The molecular weight excluding hydrogens is 420 g/mol. The standard InChI is InChI=1S/C21H27BrN4O2/c1-4-24-21(26-14-16-8-9-19(28-3)18(22)13-16)25-11-10-15-6-5-7-17(12-15)20(27)23-2/h5-9,12-13H,4,10-11,14H2,1-3H3,(H,23,27)(H2,24,25,26). The van der Waals surface area contributed by atoms with Crippen molar-refractivity contribution in [3.8, 4) is 5.75 Å². The zero-order chi connectivity index (χ0) is 20.4. The fraction of sp³-hybridized carbons (Fsp3) is 0.333. The summed E-state index contributed by atoms with van der Waals surface area (Å²) in [6.45, 7) is 4.09. The van der Waals surface area contributed by atoms with Crippen molar-refractivity contribution in [1.82, 2.24) is 16.0 Å². The third kappa shape index (κ3) is 6.56. The molecule has 2 rings (SSSR count). The smallest absolute Gasteiger partial charge is 0.251 e. The van der Waals surface area contributed by atoms with Gasteiger partial charge in [-0.15, -0.1) is 0 Å². The number of carbonyl (C=O) groups is 1. The number of hydrogen-bond acceptors (Lipinski definition) is 3. The molecule has 150 valence electrons. The monoisotopic (exact) mass is 446 g/mol. The van der Waals surface area contributed by atoms with Crippen LogP contribution in [0.15, 0.2) is 51.9 Å². The number of benzene rings is 2. The maximum absolute atomic E-state index is 11.7. The number of methoxy groups -OCH3 is 1. The summed E-state index contributed by atoms with van der Waals surface area (Å²) in [5, 5.41) is 9.24. The first kappa shape index (κ1) is 21.8. The van der Waals surface area contributed by atoms with Gasteiger partial charge in [0.05, 0.1) is 18.1 Å². The van der Waals surface area contributed by atoms with E-state index in [4.69, 9.17) is 4.74 Å². The van der Waals surface area contributed by atoms with Crippen LogP contribution in [-0.4, -0.2) is 39.1 Å². The molecule has 0 spiro atoms. The van der Waals surface area contributed by atoms with Gasteiger partial charge in [-0.25, -0.2) is 4.99 Å². The minimum atomic E-state index is -0.0737. The van der Waals surface area contributed by atoms with Crippen molar-refractivity contribution < 1.29 is 9.53 Å². The Labute approximate surface area is 174 Å². The third-order valence-electron chi connectivity index (χ3n) is 4.10. The Bertz CT molecular complexity index is 824. The first-order chi connectivity index (χ1) is 13.6. The number of guanidine groups is 1. The summed E-state index contributed by atoms with van der Waals surface area (Å²) in [6, 6.07) is 13.6. The summed E-state index contributed by atoms with van der Waals surface area (Å²) in [4.78, 5) is 16.4. The van der Waals surface area contributed by atoms with E-state index in [1.165, 1.54) is 0 Å². The molecule has 0 heterocycles. The van der Waals surface area contributed by atoms with Crippen LogP contribution < -0.4 is 20.7 Å². The molecule has 0 saturated heterocycles. The molecule has 1 amide bonds. The highest BCUT2D eigenvalue weighted by molar-refractivity contribution is 9.10. The highest BCUT2D eigenvalue weighted by Crippen LogP contribution is 2.25. The van der Waals surface area contributed by atoms with E-state index in [0.717, 1.165) is 46.8 Å². The topological polar surface area (TPSA) is 74.8 Å². The Morgan fingerprint density at radius 1 is 1.14 bits per heavy atom. The normalized spacial score (nSPS) is 11.1. The summed E-state index contributed by atoms with van der Waals surface area (Å²) < 4.78 is 6.17. The maximum atomic E-state index is 11.7. The predicted molar refractivity (Wildman–Crippen MR) is 117 cm³/mol. The zero-order valence-electron chi connectivity index (χ0n) is 16.5. The Morgan fingerprint density at radius 3 is 2.64 bits per heavy atom. The first-order valence-electron chi connectivity index (χ1n) is 9.23. The van der Waals surface area contributed by atoms with Crippen molar-refractivity contribution in [3.63, 3.8) is 0 Å². The van der Waals surface area contributed by atoms with E-state index >= 15 is 0 Å². The number of carbonyl (C=O) groups excluding carboxylic acids is 1. The van der Waals surface area contributed by atoms with E-state index in [0.29, 0.717) is 12.1 Å². The van der Waals surface area contributed by atoms with Gasteiger partial charge in [0.1, 0.15) is 5.75 Å². The molecule has 0 atom stereocenters. The van der Waals surface area contributed by atoms with Crippen LogP contribution in [0.1, 0.15) is 28.4 Å². The zero-order valence-corrected chi connectivity index (χ0v) is 18.1. The van der Waals surface area contributed by atoms with Gasteiger partial charge in [-0.3, -0.25) is 4.79 Å². The second-order valence-electron chi connectivity index (χ2n) is 6.12. The van der Waals surface area contributed by atoms with Crippen LogP contribution >= 0.6 is 15.9 Å². The first-order valence-corrected chi connectivity index (χ1v) is 10.0. The fourth-order valence-corrected chi connectivity index (χ4v) is 3.25. The molecule has 2 aromatic rings. The number of nitrogens with one attached hydrogen (secondary N) is 3. The van der Waals surface area contributed by atoms with Crippen molar-refractivity contribution in [2.75, 3.05) is 27.2 Å². The molecule has 3 N–H and O–H groups in total. The van der Waals surface area contributed by atoms with Gasteiger partial charge < -0.3 is 20.7 Å². The number of hydrogen-bond donors (Lipinski definition) is 3. The highest BCUT2D eigenvalue weighted by Gasteiger charge is 2.05. The molecule has 0 aromatic heterocycles. The van der Waals surface area contributed by atoms with Crippen LogP contribution in [0.4, 0.5) is 0 Å². The van der Waals surface area contributed by atoms with E-state index in [1.807, 2.05) is 49.4 Å². The van der Waals surface area contributed by atoms with Crippen LogP contribution in [0.25, 0.3) is 0 Å². The van der Waals surface area contributed by atoms with E-state index < -0.39 is 0 Å². The van der Waals surface area contributed by atoms with Gasteiger partial charge in [0.15, 0.2) is 5.96 Å². The Kier molecular flexibility index (Phi) is 8.81. The molecule has 0 saturated carbocycles. The van der Waals surface area contributed by atoms with Gasteiger partial charge in [-0.1, -0.05) is 18.2 Å². The number of rotatable bonds is 8. The summed E-state index contributed by atoms with van der Waals surface area (Å²) in [6.07, 6.45) is 0.795. The molecule has 0 fully saturated rings. The summed E-state index contributed by atoms with van der Waals surface area (Å²) in [5.41, 5.74) is 2.86. The minimum Gasteiger partial charge on any atom is -0.496 e. The number of halogens is 1. The van der Waals surface area contributed by atoms with E-state index in [2.05, 4.69) is 36.9 Å². The van der Waals surface area contributed by atoms with Gasteiger partial charge in [-0.2, -0.15) is 0 Å². The number of aliphatic imine (C=N–C) groups is 1. The van der Waals surface area contributed by atoms with Crippen LogP contribution in [0, 0.1) is 0 Å². The average molecular weight is 447 g/mol. The lowest BCUT2D eigenvalue weighted by Crippen LogP contribution is -2.38. The van der Waals surface area contributed by atoms with Crippen LogP contribution in [0.5, 0.6) is 5.75 Å². The lowest BCUT2D eigenvalue weighted by molar-refractivity contribution is 0.0963. The lowest BCUT2D eigenvalue weighted by Gasteiger charge is -2.12. The Balaban J connectivity index is 1.94. The summed E-state index contributed by atoms with van der Waals surface area (Å²) in [7, 11) is 3.28. The molecule has 6 nitrogen and oxygen atoms in total. The average Bonchev–Trinajstić information content (AvgIpc) is 2.71. The highest BCUT2D eigenvalue weighted by atomic mass is 79.9. The van der Waals surface area contributed by atoms with Crippen LogP contribution in [0.3, 0.4) is 0 Å². The number of ether oxygens (including phenoxy) is 1. The molecule has 0 unspecified atom stereocenters. The molecule has 2 aromatic carbocycles. The van der Waals surface area contributed by atoms with Gasteiger partial charge in [0.2, 0.25) is 0 Å². The summed E-state index contributed by atoms with van der Waals surface area (Å²) >= 11 is 3.50. The maximum Gasteiger partial charge on any atom is 0.251 e. The van der Waals surface area contributed by atoms with Crippen LogP contribution in [0.2, 0.25) is 0 Å². The molecule has 28 heavy (non-hydrogen) atoms. The molecule has 0 aliphatic heterocycles. The van der Waals surface area contributed by atoms with Gasteiger partial charge >= 0.3 is 0 Å². The minimum absolute atomic E-state index is 0.0737. The second-order valence-corrected chi connectivity index (χ2v) is 6.97. The van der Waals surface area contributed by atoms with E-state index in [-0.39, 0.29) is 5.91 Å². The number of amides is 1. The molecule has 7 heteroatoms. The van der Waals surface area contributed by atoms with Crippen LogP contribution in [-0.2, 0) is 13.0 Å². The van der Waals surface area contributed by atoms with Crippen molar-refractivity contribution in [2.45, 2.75) is 19.9 Å². The summed E-state index contributed by atoms with van der Waals surface area (Å²) in [5.74, 6) is 1.49. The van der Waals surface area contributed by atoms with E-state index in [1.54, 1.807) is 14.2 Å². The Hall–Kier alpha value is -2.54. The quantitative estimate of drug-likeness (QED) is 0.430. The second kappa shape index (κ2) is 11.3. The molecular formula is C21H27BrN4O2. The molecule has 0 bridgehead atoms. The molecule has 0 radical (unpaired) electrons. The van der Waals surface area contributed by atoms with Gasteiger partial charge in [-0.05, 0) is 64.7 Å².